The number of guanidine groups is 1. The zero-order valence-electron chi connectivity index (χ0n) is 13.7. The highest BCUT2D eigenvalue weighted by Crippen LogP contribution is 2.13. The van der Waals surface area contributed by atoms with E-state index in [4.69, 9.17) is 16.2 Å². The van der Waals surface area contributed by atoms with Gasteiger partial charge in [-0.3, -0.25) is 0 Å². The lowest BCUT2D eigenvalue weighted by Crippen LogP contribution is -2.30. The van der Waals surface area contributed by atoms with Gasteiger partial charge >= 0.3 is 0 Å². The molecule has 0 radical (unpaired) electrons. The van der Waals surface area contributed by atoms with Gasteiger partial charge in [0.1, 0.15) is 5.75 Å². The van der Waals surface area contributed by atoms with Crippen molar-refractivity contribution >= 4 is 12.2 Å². The van der Waals surface area contributed by atoms with Gasteiger partial charge in [0.25, 0.3) is 0 Å². The molecule has 0 amide bonds. The van der Waals surface area contributed by atoms with Crippen molar-refractivity contribution < 1.29 is 4.74 Å². The predicted octanol–water partition coefficient (Wildman–Crippen LogP) is 1.94. The number of nitrogens with two attached hydrogens (primary N) is 2. The van der Waals surface area contributed by atoms with Crippen molar-refractivity contribution in [1.29, 1.82) is 0 Å². The lowest BCUT2D eigenvalue weighted by molar-refractivity contribution is 0.216. The number of benzene rings is 1. The molecular weight excluding hydrogens is 290 g/mol. The number of hydrogen-bond donors (Lipinski definition) is 2. The Morgan fingerprint density at radius 2 is 2.00 bits per heavy atom. The molecule has 6 heteroatoms. The Hall–Kier alpha value is -2.08. The van der Waals surface area contributed by atoms with Crippen molar-refractivity contribution in [2.75, 3.05) is 26.2 Å². The Balaban J connectivity index is 1.67. The number of piperidine rings is 1. The van der Waals surface area contributed by atoms with Gasteiger partial charge < -0.3 is 21.1 Å². The zero-order chi connectivity index (χ0) is 16.3. The summed E-state index contributed by atoms with van der Waals surface area (Å²) in [6, 6.07) is 7.73. The van der Waals surface area contributed by atoms with Gasteiger partial charge in [0.05, 0.1) is 12.8 Å². The third-order valence-corrected chi connectivity index (χ3v) is 3.82. The number of rotatable bonds is 8. The average Bonchev–Trinajstić information content (AvgIpc) is 2.56. The monoisotopic (exact) mass is 317 g/mol. The van der Waals surface area contributed by atoms with Crippen LogP contribution in [0, 0.1) is 0 Å². The van der Waals surface area contributed by atoms with E-state index < -0.39 is 0 Å². The van der Waals surface area contributed by atoms with Crippen LogP contribution in [0.15, 0.2) is 34.5 Å². The summed E-state index contributed by atoms with van der Waals surface area (Å²) in [5, 5.41) is 7.37. The van der Waals surface area contributed by atoms with Gasteiger partial charge in [0.2, 0.25) is 5.96 Å². The quantitative estimate of drug-likeness (QED) is 0.332. The molecule has 0 saturated carbocycles. The first-order valence-electron chi connectivity index (χ1n) is 8.31. The Labute approximate surface area is 138 Å². The third kappa shape index (κ3) is 7.15. The van der Waals surface area contributed by atoms with Gasteiger partial charge in [-0.2, -0.15) is 5.10 Å². The van der Waals surface area contributed by atoms with E-state index in [9.17, 15) is 0 Å². The molecule has 0 aromatic heterocycles. The highest BCUT2D eigenvalue weighted by Gasteiger charge is 2.08. The molecule has 23 heavy (non-hydrogen) atoms. The number of likely N-dealkylation sites (tertiary alicyclic amines) is 1. The van der Waals surface area contributed by atoms with Crippen molar-refractivity contribution in [3.8, 4) is 5.75 Å². The number of ether oxygens (including phenoxy) is 1. The molecule has 4 N–H and O–H groups in total. The molecule has 0 atom stereocenters. The van der Waals surface area contributed by atoms with Crippen LogP contribution in [-0.2, 0) is 0 Å². The van der Waals surface area contributed by atoms with E-state index in [-0.39, 0.29) is 5.96 Å². The number of unbranched alkanes of at least 4 members (excludes halogenated alkanes) is 1. The maximum atomic E-state index is 5.80. The lowest BCUT2D eigenvalue weighted by Gasteiger charge is -2.26. The van der Waals surface area contributed by atoms with Crippen LogP contribution < -0.4 is 16.2 Å². The van der Waals surface area contributed by atoms with E-state index in [1.54, 1.807) is 6.21 Å². The van der Waals surface area contributed by atoms with Gasteiger partial charge in [0.15, 0.2) is 0 Å². The molecule has 1 fully saturated rings. The van der Waals surface area contributed by atoms with E-state index in [1.165, 1.54) is 45.3 Å². The second kappa shape index (κ2) is 9.84. The summed E-state index contributed by atoms with van der Waals surface area (Å²) in [6.07, 6.45) is 7.95. The van der Waals surface area contributed by atoms with E-state index in [1.807, 2.05) is 24.3 Å². The van der Waals surface area contributed by atoms with Crippen molar-refractivity contribution in [2.24, 2.45) is 21.7 Å². The minimum Gasteiger partial charge on any atom is -0.494 e. The number of nitrogens with zero attached hydrogens (tertiary/aromatic N) is 3. The predicted molar refractivity (Wildman–Crippen MR) is 94.9 cm³/mol. The summed E-state index contributed by atoms with van der Waals surface area (Å²) in [5.41, 5.74) is 11.3. The smallest absolute Gasteiger partial charge is 0.211 e. The molecule has 0 aliphatic carbocycles. The lowest BCUT2D eigenvalue weighted by atomic mass is 10.1. The largest absolute Gasteiger partial charge is 0.494 e. The van der Waals surface area contributed by atoms with Crippen LogP contribution >= 0.6 is 0 Å². The van der Waals surface area contributed by atoms with Crippen molar-refractivity contribution in [1.82, 2.24) is 4.90 Å². The summed E-state index contributed by atoms with van der Waals surface area (Å²) in [4.78, 5) is 2.56. The van der Waals surface area contributed by atoms with Crippen LogP contribution in [0.2, 0.25) is 0 Å². The molecule has 1 aromatic rings. The molecule has 1 heterocycles. The minimum atomic E-state index is -0.0534. The van der Waals surface area contributed by atoms with Gasteiger partial charge in [-0.05, 0) is 63.0 Å². The first-order chi connectivity index (χ1) is 11.2. The van der Waals surface area contributed by atoms with Gasteiger partial charge in [0, 0.05) is 0 Å². The fourth-order valence-electron chi connectivity index (χ4n) is 2.66. The minimum absolute atomic E-state index is 0.0534. The fraction of sp³-hybridized carbons (Fsp3) is 0.529. The molecule has 1 aliphatic rings. The second-order valence-corrected chi connectivity index (χ2v) is 5.80. The van der Waals surface area contributed by atoms with Crippen molar-refractivity contribution in [2.45, 2.75) is 32.1 Å². The Kier molecular flexibility index (Phi) is 7.39. The van der Waals surface area contributed by atoms with E-state index in [2.05, 4.69) is 15.1 Å². The van der Waals surface area contributed by atoms with E-state index in [0.29, 0.717) is 0 Å². The molecule has 6 nitrogen and oxygen atoms in total. The highest BCUT2D eigenvalue weighted by molar-refractivity contribution is 5.81. The third-order valence-electron chi connectivity index (χ3n) is 3.82. The molecule has 1 aromatic carbocycles. The molecule has 126 valence electrons. The molecule has 0 spiro atoms. The first kappa shape index (κ1) is 17.3. The maximum Gasteiger partial charge on any atom is 0.211 e. The summed E-state index contributed by atoms with van der Waals surface area (Å²) in [6.45, 7) is 4.45. The van der Waals surface area contributed by atoms with Gasteiger partial charge in [-0.1, -0.05) is 18.6 Å². The molecule has 1 aliphatic heterocycles. The molecule has 1 saturated heterocycles. The second-order valence-electron chi connectivity index (χ2n) is 5.80. The zero-order valence-corrected chi connectivity index (χ0v) is 13.7. The van der Waals surface area contributed by atoms with Crippen LogP contribution in [0.3, 0.4) is 0 Å². The first-order valence-corrected chi connectivity index (χ1v) is 8.31. The Bertz CT molecular complexity index is 519. The standard InChI is InChI=1S/C17H27N5O/c18-17(19)21-20-14-15-7-6-8-16(13-15)23-12-5-4-11-22-9-2-1-3-10-22/h6-8,13-14H,1-5,9-12H2,(H4,18,19,21). The summed E-state index contributed by atoms with van der Waals surface area (Å²) in [5.74, 6) is 0.791. The normalized spacial score (nSPS) is 15.7. The molecular formula is C17H27N5O. The number of hydrogen-bond acceptors (Lipinski definition) is 4. The van der Waals surface area contributed by atoms with Crippen LogP contribution in [0.1, 0.15) is 37.7 Å². The topological polar surface area (TPSA) is 89.2 Å². The van der Waals surface area contributed by atoms with Gasteiger partial charge in [-0.15, -0.1) is 5.10 Å². The molecule has 0 bridgehead atoms. The fourth-order valence-corrected chi connectivity index (χ4v) is 2.66. The summed E-state index contributed by atoms with van der Waals surface area (Å²) < 4.78 is 5.80. The van der Waals surface area contributed by atoms with Crippen molar-refractivity contribution in [3.63, 3.8) is 0 Å². The van der Waals surface area contributed by atoms with Crippen LogP contribution in [-0.4, -0.2) is 43.3 Å². The maximum absolute atomic E-state index is 5.80. The molecule has 2 rings (SSSR count). The van der Waals surface area contributed by atoms with Gasteiger partial charge in [-0.25, -0.2) is 0 Å². The van der Waals surface area contributed by atoms with Crippen LogP contribution in [0.25, 0.3) is 0 Å². The van der Waals surface area contributed by atoms with Crippen LogP contribution in [0.4, 0.5) is 0 Å². The molecule has 0 unspecified atom stereocenters. The SMILES string of the molecule is NC(N)=NN=Cc1cccc(OCCCCN2CCCCC2)c1. The highest BCUT2D eigenvalue weighted by atomic mass is 16.5. The van der Waals surface area contributed by atoms with E-state index in [0.717, 1.165) is 24.3 Å². The van der Waals surface area contributed by atoms with Crippen molar-refractivity contribution in [3.05, 3.63) is 29.8 Å². The van der Waals surface area contributed by atoms with E-state index >= 15 is 0 Å². The summed E-state index contributed by atoms with van der Waals surface area (Å²) in [7, 11) is 0. The average molecular weight is 317 g/mol. The van der Waals surface area contributed by atoms with Crippen LogP contribution in [0.5, 0.6) is 5.75 Å². The Morgan fingerprint density at radius 3 is 2.78 bits per heavy atom. The Morgan fingerprint density at radius 1 is 1.17 bits per heavy atom. The summed E-state index contributed by atoms with van der Waals surface area (Å²) >= 11 is 0.